The van der Waals surface area contributed by atoms with E-state index in [-0.39, 0.29) is 24.7 Å². The number of ether oxygens (including phenoxy) is 3. The van der Waals surface area contributed by atoms with Crippen LogP contribution in [0, 0.1) is 12.3 Å². The van der Waals surface area contributed by atoms with Gasteiger partial charge in [-0.05, 0) is 56.2 Å². The number of halogens is 5. The normalized spacial score (nSPS) is 20.4. The predicted molar refractivity (Wildman–Crippen MR) is 123 cm³/mol. The summed E-state index contributed by atoms with van der Waals surface area (Å²) in [7, 11) is 0. The molecule has 1 N–H and O–H groups in total. The molecule has 3 atom stereocenters. The maximum Gasteiger partial charge on any atom is 0.423 e. The van der Waals surface area contributed by atoms with Crippen LogP contribution in [0.5, 0.6) is 0 Å². The summed E-state index contributed by atoms with van der Waals surface area (Å²) >= 11 is 12.1. The Morgan fingerprint density at radius 1 is 1.33 bits per heavy atom. The molecule has 1 saturated heterocycles. The molecular weight excluding hydrogens is 597 g/mol. The van der Waals surface area contributed by atoms with E-state index in [0.717, 1.165) is 0 Å². The van der Waals surface area contributed by atoms with Crippen LogP contribution < -0.4 is 11.2 Å². The van der Waals surface area contributed by atoms with E-state index in [0.29, 0.717) is 25.3 Å². The van der Waals surface area contributed by atoms with Gasteiger partial charge in [-0.2, -0.15) is 13.2 Å². The highest BCUT2D eigenvalue weighted by molar-refractivity contribution is 9.11. The summed E-state index contributed by atoms with van der Waals surface area (Å²) in [6.07, 6.45) is -1.97. The molecule has 0 aliphatic carbocycles. The summed E-state index contributed by atoms with van der Waals surface area (Å²) in [6, 6.07) is 5.35. The molecule has 1 aromatic carbocycles. The zero-order valence-corrected chi connectivity index (χ0v) is 20.5. The number of hydrogen-bond donors (Lipinski definition) is 1. The Labute approximate surface area is 207 Å². The molecule has 1 aliphatic rings. The van der Waals surface area contributed by atoms with Crippen molar-refractivity contribution in [2.45, 2.75) is 31.0 Å². The van der Waals surface area contributed by atoms with Crippen molar-refractivity contribution in [1.29, 1.82) is 0 Å². The van der Waals surface area contributed by atoms with Crippen LogP contribution in [0.25, 0.3) is 0 Å². The first-order valence-electron chi connectivity index (χ1n) is 9.27. The van der Waals surface area contributed by atoms with Crippen LogP contribution in [0.1, 0.15) is 23.8 Å². The van der Waals surface area contributed by atoms with Crippen molar-refractivity contribution in [3.8, 4) is 12.3 Å². The molecule has 7 nitrogen and oxygen atoms in total. The van der Waals surface area contributed by atoms with Crippen molar-refractivity contribution in [1.82, 2.24) is 9.55 Å². The van der Waals surface area contributed by atoms with Crippen LogP contribution in [0.15, 0.2) is 42.9 Å². The minimum Gasteiger partial charge on any atom is -0.480 e. The van der Waals surface area contributed by atoms with Crippen molar-refractivity contribution in [3.05, 3.63) is 65.3 Å². The minimum atomic E-state index is -4.95. The lowest BCUT2D eigenvalue weighted by Crippen LogP contribution is -2.36. The SMILES string of the molecule is C#CCO[C@H]1C[C@H](n2cc(C(F)(F)F)c(=O)[nH]c2=O)O[C@@H]1COC(=S)c1c(Br)cccc1Br. The van der Waals surface area contributed by atoms with Gasteiger partial charge in [0, 0.05) is 21.6 Å². The number of benzene rings is 1. The number of alkyl halides is 3. The Morgan fingerprint density at radius 3 is 2.61 bits per heavy atom. The Bertz CT molecular complexity index is 1190. The van der Waals surface area contributed by atoms with Crippen molar-refractivity contribution >= 4 is 49.1 Å². The van der Waals surface area contributed by atoms with Gasteiger partial charge in [-0.3, -0.25) is 14.3 Å². The topological polar surface area (TPSA) is 82.6 Å². The third-order valence-electron chi connectivity index (χ3n) is 4.69. The summed E-state index contributed by atoms with van der Waals surface area (Å²) in [6.45, 7) is -0.214. The number of aromatic nitrogens is 2. The van der Waals surface area contributed by atoms with Gasteiger partial charge in [-0.1, -0.05) is 12.0 Å². The number of H-pyrrole nitrogens is 1. The molecule has 2 heterocycles. The second-order valence-corrected chi connectivity index (χ2v) is 8.90. The summed E-state index contributed by atoms with van der Waals surface area (Å²) < 4.78 is 58.5. The lowest BCUT2D eigenvalue weighted by Gasteiger charge is -2.20. The summed E-state index contributed by atoms with van der Waals surface area (Å²) in [4.78, 5) is 25.4. The molecular formula is C20H15Br2F3N2O5S. The molecule has 176 valence electrons. The van der Waals surface area contributed by atoms with E-state index in [9.17, 15) is 22.8 Å². The molecule has 3 rings (SSSR count). The molecule has 0 radical (unpaired) electrons. The molecule has 1 aliphatic heterocycles. The van der Waals surface area contributed by atoms with E-state index in [1.165, 1.54) is 0 Å². The van der Waals surface area contributed by atoms with Crippen LogP contribution in [0.4, 0.5) is 13.2 Å². The summed E-state index contributed by atoms with van der Waals surface area (Å²) in [5.74, 6) is 2.30. The average molecular weight is 612 g/mol. The van der Waals surface area contributed by atoms with Gasteiger partial charge < -0.3 is 14.2 Å². The van der Waals surface area contributed by atoms with E-state index in [1.54, 1.807) is 23.2 Å². The van der Waals surface area contributed by atoms with Crippen LogP contribution in [-0.2, 0) is 20.4 Å². The molecule has 2 aromatic rings. The molecule has 1 fully saturated rings. The van der Waals surface area contributed by atoms with E-state index in [2.05, 4.69) is 37.8 Å². The molecule has 13 heteroatoms. The monoisotopic (exact) mass is 610 g/mol. The molecule has 0 spiro atoms. The standard InChI is InChI=1S/C20H15Br2F3N2O5S/c1-2-6-30-13-7-15(27-8-10(20(23,24)25)17(28)26-19(27)29)32-14(13)9-31-18(33)16-11(21)4-3-5-12(16)22/h1,3-5,8,13-15H,6-7,9H2,(H,26,28,29)/t13-,14+,15+/m0/s1. The van der Waals surface area contributed by atoms with E-state index in [1.807, 2.05) is 0 Å². The zero-order valence-electron chi connectivity index (χ0n) is 16.5. The Kier molecular flexibility index (Phi) is 8.17. The third-order valence-corrected chi connectivity index (χ3v) is 6.33. The maximum atomic E-state index is 13.1. The number of terminal acetylenes is 1. The van der Waals surface area contributed by atoms with Gasteiger partial charge in [0.05, 0.1) is 11.7 Å². The quantitative estimate of drug-likeness (QED) is 0.396. The maximum absolute atomic E-state index is 13.1. The molecule has 0 bridgehead atoms. The van der Waals surface area contributed by atoms with Crippen LogP contribution in [0.3, 0.4) is 0 Å². The summed E-state index contributed by atoms with van der Waals surface area (Å²) in [5, 5.41) is 0.137. The number of aromatic amines is 1. The Hall–Kier alpha value is -1.98. The molecule has 1 aromatic heterocycles. The summed E-state index contributed by atoms with van der Waals surface area (Å²) in [5.41, 5.74) is -3.52. The first-order chi connectivity index (χ1) is 15.5. The first-order valence-corrected chi connectivity index (χ1v) is 11.3. The van der Waals surface area contributed by atoms with Gasteiger partial charge in [-0.25, -0.2) is 4.79 Å². The molecule has 0 unspecified atom stereocenters. The number of rotatable bonds is 6. The van der Waals surface area contributed by atoms with Crippen molar-refractivity contribution < 1.29 is 27.4 Å². The van der Waals surface area contributed by atoms with Gasteiger partial charge in [0.15, 0.2) is 5.05 Å². The van der Waals surface area contributed by atoms with Crippen molar-refractivity contribution in [2.24, 2.45) is 0 Å². The highest BCUT2D eigenvalue weighted by Gasteiger charge is 2.40. The number of nitrogens with one attached hydrogen (secondary N) is 1. The lowest BCUT2D eigenvalue weighted by molar-refractivity contribution is -0.139. The second-order valence-electron chi connectivity index (χ2n) is 6.82. The Morgan fingerprint density at radius 2 is 2.00 bits per heavy atom. The number of hydrogen-bond acceptors (Lipinski definition) is 6. The third kappa shape index (κ3) is 5.93. The van der Waals surface area contributed by atoms with E-state index in [4.69, 9.17) is 32.9 Å². The van der Waals surface area contributed by atoms with Crippen LogP contribution in [-0.4, -0.2) is 40.0 Å². The molecule has 0 amide bonds. The second kappa shape index (κ2) is 10.5. The fourth-order valence-corrected chi connectivity index (χ4v) is 5.08. The minimum absolute atomic E-state index is 0.00948. The molecule has 33 heavy (non-hydrogen) atoms. The van der Waals surface area contributed by atoms with Gasteiger partial charge >= 0.3 is 11.9 Å². The van der Waals surface area contributed by atoms with Gasteiger partial charge in [0.1, 0.15) is 31.1 Å². The fourth-order valence-electron chi connectivity index (χ4n) is 3.18. The van der Waals surface area contributed by atoms with Crippen molar-refractivity contribution in [3.63, 3.8) is 0 Å². The smallest absolute Gasteiger partial charge is 0.423 e. The van der Waals surface area contributed by atoms with Crippen LogP contribution in [0.2, 0.25) is 0 Å². The van der Waals surface area contributed by atoms with Crippen molar-refractivity contribution in [2.75, 3.05) is 13.2 Å². The fraction of sp³-hybridized carbons (Fsp3) is 0.350. The average Bonchev–Trinajstić information content (AvgIpc) is 3.12. The van der Waals surface area contributed by atoms with Gasteiger partial charge in [0.25, 0.3) is 5.56 Å². The highest BCUT2D eigenvalue weighted by atomic mass is 79.9. The molecule has 0 saturated carbocycles. The van der Waals surface area contributed by atoms with Crippen LogP contribution >= 0.6 is 44.1 Å². The first kappa shape index (κ1) is 25.6. The highest BCUT2D eigenvalue weighted by Crippen LogP contribution is 2.33. The Balaban J connectivity index is 1.82. The zero-order chi connectivity index (χ0) is 24.3. The number of thiocarbonyl (C=S) groups is 1. The largest absolute Gasteiger partial charge is 0.480 e. The lowest BCUT2D eigenvalue weighted by atomic mass is 10.2. The number of nitrogens with zero attached hydrogens (tertiary/aromatic N) is 1. The van der Waals surface area contributed by atoms with E-state index >= 15 is 0 Å². The van der Waals surface area contributed by atoms with Gasteiger partial charge in [-0.15, -0.1) is 6.42 Å². The van der Waals surface area contributed by atoms with Gasteiger partial charge in [0.2, 0.25) is 0 Å². The van der Waals surface area contributed by atoms with E-state index < -0.39 is 41.4 Å². The predicted octanol–water partition coefficient (Wildman–Crippen LogP) is 3.78.